The average Bonchev–Trinajstić information content (AvgIpc) is 3.06. The molecule has 0 N–H and O–H groups in total. The summed E-state index contributed by atoms with van der Waals surface area (Å²) in [6, 6.07) is 11.1. The molecule has 0 atom stereocenters. The van der Waals surface area contributed by atoms with Crippen molar-refractivity contribution in [3.63, 3.8) is 0 Å². The maximum absolute atomic E-state index is 12.2. The smallest absolute Gasteiger partial charge is 0.338 e. The molecule has 0 fully saturated rings. The first kappa shape index (κ1) is 17.4. The first-order valence-electron chi connectivity index (χ1n) is 7.97. The molecule has 0 radical (unpaired) electrons. The van der Waals surface area contributed by atoms with Gasteiger partial charge in [0.1, 0.15) is 0 Å². The number of hydrogen-bond donors (Lipinski definition) is 0. The van der Waals surface area contributed by atoms with Crippen LogP contribution in [-0.2, 0) is 27.4 Å². The lowest BCUT2D eigenvalue weighted by molar-refractivity contribution is 0.0474. The van der Waals surface area contributed by atoms with E-state index in [0.717, 1.165) is 25.5 Å². The van der Waals surface area contributed by atoms with Crippen molar-refractivity contribution in [2.24, 2.45) is 0 Å². The van der Waals surface area contributed by atoms with Gasteiger partial charge < -0.3 is 4.74 Å². The van der Waals surface area contributed by atoms with E-state index in [0.29, 0.717) is 5.56 Å². The molecular formula is C19H18O5S. The molecule has 2 aromatic carbocycles. The molecular weight excluding hydrogens is 340 g/mol. The van der Waals surface area contributed by atoms with Gasteiger partial charge in [0.05, 0.1) is 10.5 Å². The van der Waals surface area contributed by atoms with Gasteiger partial charge >= 0.3 is 5.97 Å². The number of carbonyl (C=O) groups is 2. The number of benzene rings is 2. The van der Waals surface area contributed by atoms with Crippen molar-refractivity contribution >= 4 is 21.6 Å². The number of aryl methyl sites for hydroxylation is 2. The number of hydrogen-bond acceptors (Lipinski definition) is 5. The zero-order valence-electron chi connectivity index (χ0n) is 13.8. The molecule has 0 amide bonds. The van der Waals surface area contributed by atoms with Crippen molar-refractivity contribution in [3.8, 4) is 0 Å². The SMILES string of the molecule is CS(=O)(=O)c1cccc(C(=O)OCC(=O)c2ccc3c(c2)CCC3)c1. The predicted molar refractivity (Wildman–Crippen MR) is 92.6 cm³/mol. The Morgan fingerprint density at radius 3 is 2.52 bits per heavy atom. The van der Waals surface area contributed by atoms with Crippen LogP contribution in [0.15, 0.2) is 47.4 Å². The highest BCUT2D eigenvalue weighted by molar-refractivity contribution is 7.90. The lowest BCUT2D eigenvalue weighted by atomic mass is 10.0. The van der Waals surface area contributed by atoms with Gasteiger partial charge in [0.25, 0.3) is 0 Å². The summed E-state index contributed by atoms with van der Waals surface area (Å²) >= 11 is 0. The van der Waals surface area contributed by atoms with E-state index in [9.17, 15) is 18.0 Å². The maximum Gasteiger partial charge on any atom is 0.338 e. The Balaban J connectivity index is 1.67. The highest BCUT2D eigenvalue weighted by Gasteiger charge is 2.17. The van der Waals surface area contributed by atoms with Gasteiger partial charge in [-0.05, 0) is 54.7 Å². The number of carbonyl (C=O) groups excluding carboxylic acids is 2. The second-order valence-electron chi connectivity index (χ2n) is 6.14. The van der Waals surface area contributed by atoms with Crippen molar-refractivity contribution in [2.45, 2.75) is 24.2 Å². The van der Waals surface area contributed by atoms with Crippen LogP contribution >= 0.6 is 0 Å². The molecule has 1 aliphatic rings. The van der Waals surface area contributed by atoms with Crippen molar-refractivity contribution < 1.29 is 22.7 Å². The Morgan fingerprint density at radius 2 is 1.76 bits per heavy atom. The van der Waals surface area contributed by atoms with Gasteiger partial charge in [0.15, 0.2) is 22.2 Å². The lowest BCUT2D eigenvalue weighted by Gasteiger charge is -2.07. The first-order chi connectivity index (χ1) is 11.8. The fourth-order valence-corrected chi connectivity index (χ4v) is 3.56. The maximum atomic E-state index is 12.2. The van der Waals surface area contributed by atoms with Crippen molar-refractivity contribution in [3.05, 3.63) is 64.7 Å². The monoisotopic (exact) mass is 358 g/mol. The molecule has 0 saturated carbocycles. The fraction of sp³-hybridized carbons (Fsp3) is 0.263. The zero-order valence-corrected chi connectivity index (χ0v) is 14.6. The van der Waals surface area contributed by atoms with E-state index >= 15 is 0 Å². The van der Waals surface area contributed by atoms with Gasteiger partial charge in [-0.1, -0.05) is 18.2 Å². The Labute approximate surface area is 146 Å². The zero-order chi connectivity index (χ0) is 18.0. The average molecular weight is 358 g/mol. The number of ketones is 1. The molecule has 0 bridgehead atoms. The summed E-state index contributed by atoms with van der Waals surface area (Å²) in [5.74, 6) is -0.998. The van der Waals surface area contributed by atoms with E-state index in [4.69, 9.17) is 4.74 Å². The molecule has 0 aromatic heterocycles. The van der Waals surface area contributed by atoms with Crippen LogP contribution in [0.3, 0.4) is 0 Å². The van der Waals surface area contributed by atoms with E-state index in [2.05, 4.69) is 0 Å². The Kier molecular flexibility index (Phi) is 4.72. The third kappa shape index (κ3) is 3.96. The van der Waals surface area contributed by atoms with Crippen LogP contribution in [-0.4, -0.2) is 33.0 Å². The van der Waals surface area contributed by atoms with Gasteiger partial charge in [-0.15, -0.1) is 0 Å². The molecule has 3 rings (SSSR count). The van der Waals surface area contributed by atoms with Crippen LogP contribution in [0.4, 0.5) is 0 Å². The quantitative estimate of drug-likeness (QED) is 0.606. The number of ether oxygens (including phenoxy) is 1. The standard InChI is InChI=1S/C19H18O5S/c1-25(22,23)17-7-3-6-16(11-17)19(21)24-12-18(20)15-9-8-13-4-2-5-14(13)10-15/h3,6-11H,2,4-5,12H2,1H3. The highest BCUT2D eigenvalue weighted by atomic mass is 32.2. The largest absolute Gasteiger partial charge is 0.454 e. The van der Waals surface area contributed by atoms with Crippen molar-refractivity contribution in [1.29, 1.82) is 0 Å². The van der Waals surface area contributed by atoms with E-state index in [1.807, 2.05) is 12.1 Å². The molecule has 6 heteroatoms. The Hall–Kier alpha value is -2.47. The third-order valence-electron chi connectivity index (χ3n) is 4.25. The summed E-state index contributed by atoms with van der Waals surface area (Å²) in [6.45, 7) is -0.374. The number of Topliss-reactive ketones (excluding diaryl/α,β-unsaturated/α-hetero) is 1. The minimum atomic E-state index is -3.41. The molecule has 0 unspecified atom stereocenters. The second-order valence-corrected chi connectivity index (χ2v) is 8.15. The summed E-state index contributed by atoms with van der Waals surface area (Å²) in [5.41, 5.74) is 3.08. The van der Waals surface area contributed by atoms with Gasteiger partial charge in [-0.25, -0.2) is 13.2 Å². The second kappa shape index (κ2) is 6.80. The summed E-state index contributed by atoms with van der Waals surface area (Å²) in [4.78, 5) is 24.3. The normalized spacial score (nSPS) is 13.3. The third-order valence-corrected chi connectivity index (χ3v) is 5.36. The lowest BCUT2D eigenvalue weighted by Crippen LogP contribution is -2.15. The van der Waals surface area contributed by atoms with E-state index < -0.39 is 15.8 Å². The minimum Gasteiger partial charge on any atom is -0.454 e. The Morgan fingerprint density at radius 1 is 1.00 bits per heavy atom. The number of esters is 1. The molecule has 0 spiro atoms. The number of fused-ring (bicyclic) bond motifs is 1. The van der Waals surface area contributed by atoms with Gasteiger partial charge in [-0.2, -0.15) is 0 Å². The molecule has 130 valence electrons. The molecule has 5 nitrogen and oxygen atoms in total. The summed E-state index contributed by atoms with van der Waals surface area (Å²) in [7, 11) is -3.41. The Bertz CT molecular complexity index is 944. The fourth-order valence-electron chi connectivity index (χ4n) is 2.90. The van der Waals surface area contributed by atoms with Crippen LogP contribution in [0, 0.1) is 0 Å². The first-order valence-corrected chi connectivity index (χ1v) is 9.86. The summed E-state index contributed by atoms with van der Waals surface area (Å²) < 4.78 is 28.1. The van der Waals surface area contributed by atoms with E-state index in [1.165, 1.54) is 35.4 Å². The van der Waals surface area contributed by atoms with E-state index in [1.54, 1.807) is 6.07 Å². The van der Waals surface area contributed by atoms with Crippen LogP contribution in [0.5, 0.6) is 0 Å². The molecule has 1 aliphatic carbocycles. The van der Waals surface area contributed by atoms with Crippen LogP contribution in [0.25, 0.3) is 0 Å². The highest BCUT2D eigenvalue weighted by Crippen LogP contribution is 2.23. The molecule has 0 aliphatic heterocycles. The summed E-state index contributed by atoms with van der Waals surface area (Å²) in [6.07, 6.45) is 4.16. The summed E-state index contributed by atoms with van der Waals surface area (Å²) in [5, 5.41) is 0. The van der Waals surface area contributed by atoms with Crippen molar-refractivity contribution in [2.75, 3.05) is 12.9 Å². The minimum absolute atomic E-state index is 0.0342. The van der Waals surface area contributed by atoms with Gasteiger partial charge in [0.2, 0.25) is 0 Å². The van der Waals surface area contributed by atoms with Crippen LogP contribution in [0.2, 0.25) is 0 Å². The van der Waals surface area contributed by atoms with Gasteiger partial charge in [0, 0.05) is 11.8 Å². The van der Waals surface area contributed by atoms with Gasteiger partial charge in [-0.3, -0.25) is 4.79 Å². The number of sulfone groups is 1. The van der Waals surface area contributed by atoms with Crippen LogP contribution in [0.1, 0.15) is 38.3 Å². The molecule has 2 aromatic rings. The van der Waals surface area contributed by atoms with Crippen molar-refractivity contribution in [1.82, 2.24) is 0 Å². The van der Waals surface area contributed by atoms with E-state index in [-0.39, 0.29) is 22.8 Å². The number of rotatable bonds is 5. The molecule has 25 heavy (non-hydrogen) atoms. The van der Waals surface area contributed by atoms with Crippen LogP contribution < -0.4 is 0 Å². The predicted octanol–water partition coefficient (Wildman–Crippen LogP) is 2.62. The molecule has 0 heterocycles. The topological polar surface area (TPSA) is 77.5 Å². The molecule has 0 saturated heterocycles.